The van der Waals surface area contributed by atoms with E-state index in [1.807, 2.05) is 0 Å². The largest absolute Gasteiger partial charge is 0.409 e. The fraction of sp³-hybridized carbons (Fsp3) is 0.167. The van der Waals surface area contributed by atoms with Crippen LogP contribution in [0.1, 0.15) is 5.82 Å². The number of imidazole rings is 1. The molecule has 0 saturated heterocycles. The van der Waals surface area contributed by atoms with Crippen LogP contribution in [0, 0.1) is 0 Å². The maximum absolute atomic E-state index is 11.5. The van der Waals surface area contributed by atoms with Gasteiger partial charge >= 0.3 is 6.18 Å². The molecule has 1 aromatic rings. The number of aromatic amines is 1. The lowest BCUT2D eigenvalue weighted by Crippen LogP contribution is -2.00. The monoisotopic (exact) mass is 162 g/mol. The fourth-order valence-electron chi connectivity index (χ4n) is 0.542. The zero-order valence-electron chi connectivity index (χ0n) is 5.39. The number of nitrogens with one attached hydrogen (secondary N) is 1. The van der Waals surface area contributed by atoms with E-state index < -0.39 is 6.18 Å². The topological polar surface area (TPSA) is 28.7 Å². The Morgan fingerprint density at radius 2 is 2.18 bits per heavy atom. The molecule has 0 unspecified atom stereocenters. The minimum absolute atomic E-state index is 0.131. The van der Waals surface area contributed by atoms with E-state index in [1.165, 1.54) is 12.4 Å². The summed E-state index contributed by atoms with van der Waals surface area (Å²) < 4.78 is 34.6. The summed E-state index contributed by atoms with van der Waals surface area (Å²) in [7, 11) is 0. The SMILES string of the molecule is FC(F)(F)C=Cc1ncc[nH]1. The van der Waals surface area contributed by atoms with E-state index in [-0.39, 0.29) is 11.9 Å². The number of aromatic nitrogens is 2. The van der Waals surface area contributed by atoms with Gasteiger partial charge in [0, 0.05) is 18.5 Å². The number of allylic oxidation sites excluding steroid dienone is 1. The second-order valence-corrected chi connectivity index (χ2v) is 1.85. The third-order valence-corrected chi connectivity index (χ3v) is 0.950. The zero-order valence-corrected chi connectivity index (χ0v) is 5.39. The van der Waals surface area contributed by atoms with Gasteiger partial charge in [0.15, 0.2) is 0 Å². The molecule has 60 valence electrons. The van der Waals surface area contributed by atoms with Crippen molar-refractivity contribution in [2.24, 2.45) is 0 Å². The fourth-order valence-corrected chi connectivity index (χ4v) is 0.542. The van der Waals surface area contributed by atoms with Gasteiger partial charge in [-0.1, -0.05) is 0 Å². The quantitative estimate of drug-likeness (QED) is 0.672. The molecular weight excluding hydrogens is 157 g/mol. The van der Waals surface area contributed by atoms with Crippen LogP contribution in [-0.4, -0.2) is 16.1 Å². The van der Waals surface area contributed by atoms with E-state index in [4.69, 9.17) is 0 Å². The van der Waals surface area contributed by atoms with Crippen molar-refractivity contribution in [2.45, 2.75) is 6.18 Å². The van der Waals surface area contributed by atoms with Gasteiger partial charge in [-0.25, -0.2) is 4.98 Å². The zero-order chi connectivity index (χ0) is 8.32. The van der Waals surface area contributed by atoms with E-state index in [0.29, 0.717) is 0 Å². The molecule has 1 N–H and O–H groups in total. The average Bonchev–Trinajstić information content (AvgIpc) is 2.32. The highest BCUT2D eigenvalue weighted by molar-refractivity contribution is 5.40. The van der Waals surface area contributed by atoms with Crippen LogP contribution < -0.4 is 0 Å². The smallest absolute Gasteiger partial charge is 0.345 e. The highest BCUT2D eigenvalue weighted by atomic mass is 19.4. The Kier molecular flexibility index (Phi) is 1.98. The Bertz CT molecular complexity index is 235. The number of hydrogen-bond donors (Lipinski definition) is 1. The minimum atomic E-state index is -4.27. The Labute approximate surface area is 60.8 Å². The maximum Gasteiger partial charge on any atom is 0.409 e. The van der Waals surface area contributed by atoms with Gasteiger partial charge in [-0.3, -0.25) is 0 Å². The van der Waals surface area contributed by atoms with Crippen LogP contribution in [0.25, 0.3) is 6.08 Å². The lowest BCUT2D eigenvalue weighted by Gasteiger charge is -1.94. The van der Waals surface area contributed by atoms with Crippen molar-refractivity contribution in [3.63, 3.8) is 0 Å². The van der Waals surface area contributed by atoms with Gasteiger partial charge in [0.25, 0.3) is 0 Å². The van der Waals surface area contributed by atoms with Crippen molar-refractivity contribution in [1.29, 1.82) is 0 Å². The first-order valence-corrected chi connectivity index (χ1v) is 2.83. The molecule has 0 amide bonds. The molecule has 0 bridgehead atoms. The Balaban J connectivity index is 2.63. The van der Waals surface area contributed by atoms with E-state index in [0.717, 1.165) is 6.08 Å². The molecule has 1 rings (SSSR count). The maximum atomic E-state index is 11.5. The molecule has 0 spiro atoms. The van der Waals surface area contributed by atoms with Crippen LogP contribution in [-0.2, 0) is 0 Å². The van der Waals surface area contributed by atoms with Gasteiger partial charge in [-0.15, -0.1) is 0 Å². The minimum Gasteiger partial charge on any atom is -0.345 e. The number of rotatable bonds is 1. The lowest BCUT2D eigenvalue weighted by molar-refractivity contribution is -0.0790. The number of nitrogens with zero attached hydrogens (tertiary/aromatic N) is 1. The molecule has 2 nitrogen and oxygen atoms in total. The highest BCUT2D eigenvalue weighted by Crippen LogP contribution is 2.16. The van der Waals surface area contributed by atoms with Crippen LogP contribution in [0.2, 0.25) is 0 Å². The standard InChI is InChI=1S/C6H5F3N2/c7-6(8,9)2-1-5-10-3-4-11-5/h1-4H,(H,10,11). The summed E-state index contributed by atoms with van der Waals surface area (Å²) in [4.78, 5) is 6.09. The molecule has 11 heavy (non-hydrogen) atoms. The van der Waals surface area contributed by atoms with Crippen molar-refractivity contribution < 1.29 is 13.2 Å². The molecule has 0 atom stereocenters. The van der Waals surface area contributed by atoms with E-state index >= 15 is 0 Å². The number of H-pyrrole nitrogens is 1. The normalized spacial score (nSPS) is 12.6. The van der Waals surface area contributed by atoms with Crippen LogP contribution in [0.15, 0.2) is 18.5 Å². The molecule has 0 aliphatic heterocycles. The summed E-state index contributed by atoms with van der Waals surface area (Å²) in [5.74, 6) is 0.197. The van der Waals surface area contributed by atoms with E-state index in [9.17, 15) is 13.2 Å². The third kappa shape index (κ3) is 2.88. The summed E-state index contributed by atoms with van der Waals surface area (Å²) >= 11 is 0. The third-order valence-electron chi connectivity index (χ3n) is 0.950. The van der Waals surface area contributed by atoms with Crippen LogP contribution in [0.4, 0.5) is 13.2 Å². The van der Waals surface area contributed by atoms with Crippen molar-refractivity contribution in [2.75, 3.05) is 0 Å². The molecule has 0 radical (unpaired) electrons. The Morgan fingerprint density at radius 3 is 2.64 bits per heavy atom. The van der Waals surface area contributed by atoms with Crippen molar-refractivity contribution in [3.8, 4) is 0 Å². The summed E-state index contributed by atoms with van der Waals surface area (Å²) in [6.07, 6.45) is -0.426. The van der Waals surface area contributed by atoms with Gasteiger partial charge in [-0.05, 0) is 6.08 Å². The van der Waals surface area contributed by atoms with Gasteiger partial charge in [0.05, 0.1) is 0 Å². The van der Waals surface area contributed by atoms with Gasteiger partial charge in [0.2, 0.25) is 0 Å². The Morgan fingerprint density at radius 1 is 1.45 bits per heavy atom. The predicted octanol–water partition coefficient (Wildman–Crippen LogP) is 1.99. The Hall–Kier alpha value is -1.26. The van der Waals surface area contributed by atoms with Gasteiger partial charge in [0.1, 0.15) is 5.82 Å². The van der Waals surface area contributed by atoms with Crippen LogP contribution >= 0.6 is 0 Å². The second kappa shape index (κ2) is 2.77. The lowest BCUT2D eigenvalue weighted by atomic mass is 10.5. The number of hydrogen-bond acceptors (Lipinski definition) is 1. The first kappa shape index (κ1) is 7.84. The second-order valence-electron chi connectivity index (χ2n) is 1.85. The molecule has 0 saturated carbocycles. The highest BCUT2D eigenvalue weighted by Gasteiger charge is 2.21. The summed E-state index contributed by atoms with van der Waals surface area (Å²) in [5, 5.41) is 0. The van der Waals surface area contributed by atoms with Crippen LogP contribution in [0.5, 0.6) is 0 Å². The van der Waals surface area contributed by atoms with Gasteiger partial charge in [-0.2, -0.15) is 13.2 Å². The summed E-state index contributed by atoms with van der Waals surface area (Å²) in [5.41, 5.74) is 0. The first-order chi connectivity index (χ1) is 5.08. The average molecular weight is 162 g/mol. The summed E-state index contributed by atoms with van der Waals surface area (Å²) in [6, 6.07) is 0. The van der Waals surface area contributed by atoms with Crippen molar-refractivity contribution >= 4 is 6.08 Å². The molecule has 0 fully saturated rings. The van der Waals surface area contributed by atoms with E-state index in [1.54, 1.807) is 0 Å². The number of halogens is 3. The molecule has 5 heteroatoms. The van der Waals surface area contributed by atoms with Crippen molar-refractivity contribution in [3.05, 3.63) is 24.3 Å². The van der Waals surface area contributed by atoms with Crippen LogP contribution in [0.3, 0.4) is 0 Å². The predicted molar refractivity (Wildman–Crippen MR) is 33.7 cm³/mol. The molecular formula is C6H5F3N2. The molecule has 0 aromatic carbocycles. The molecule has 1 heterocycles. The van der Waals surface area contributed by atoms with Crippen molar-refractivity contribution in [1.82, 2.24) is 9.97 Å². The summed E-state index contributed by atoms with van der Waals surface area (Å²) in [6.45, 7) is 0. The molecule has 1 aromatic heterocycles. The number of alkyl halides is 3. The molecule has 0 aliphatic carbocycles. The first-order valence-electron chi connectivity index (χ1n) is 2.83. The van der Waals surface area contributed by atoms with E-state index in [2.05, 4.69) is 9.97 Å². The molecule has 0 aliphatic rings. The van der Waals surface area contributed by atoms with Gasteiger partial charge < -0.3 is 4.98 Å².